The van der Waals surface area contributed by atoms with Crippen LogP contribution in [0, 0.1) is 5.82 Å². The van der Waals surface area contributed by atoms with Crippen molar-refractivity contribution in [1.29, 1.82) is 0 Å². The van der Waals surface area contributed by atoms with Crippen LogP contribution in [0.2, 0.25) is 5.02 Å². The summed E-state index contributed by atoms with van der Waals surface area (Å²) in [5, 5.41) is 10.8. The van der Waals surface area contributed by atoms with Gasteiger partial charge in [-0.15, -0.1) is 0 Å². The highest BCUT2D eigenvalue weighted by Crippen LogP contribution is 2.26. The molecule has 0 aliphatic carbocycles. The number of aliphatic hydroxyl groups is 1. The molecule has 4 heteroatoms. The van der Waals surface area contributed by atoms with Crippen LogP contribution >= 0.6 is 11.6 Å². The lowest BCUT2D eigenvalue weighted by Crippen LogP contribution is -2.53. The summed E-state index contributed by atoms with van der Waals surface area (Å²) in [4.78, 5) is 2.37. The van der Waals surface area contributed by atoms with Gasteiger partial charge < -0.3 is 5.11 Å². The van der Waals surface area contributed by atoms with Crippen molar-refractivity contribution in [2.45, 2.75) is 57.6 Å². The van der Waals surface area contributed by atoms with E-state index in [1.54, 1.807) is 12.1 Å². The van der Waals surface area contributed by atoms with Crippen LogP contribution in [-0.2, 0) is 6.42 Å². The fraction of sp³-hybridized carbons (Fsp3) is 0.647. The highest BCUT2D eigenvalue weighted by molar-refractivity contribution is 6.30. The first-order valence-electron chi connectivity index (χ1n) is 7.78. The number of hydrogen-bond donors (Lipinski definition) is 1. The van der Waals surface area contributed by atoms with Crippen LogP contribution in [0.25, 0.3) is 0 Å². The van der Waals surface area contributed by atoms with Gasteiger partial charge in [-0.3, -0.25) is 4.90 Å². The molecule has 0 bridgehead atoms. The van der Waals surface area contributed by atoms with Gasteiger partial charge in [-0.25, -0.2) is 4.39 Å². The van der Waals surface area contributed by atoms with Gasteiger partial charge in [-0.1, -0.05) is 30.5 Å². The van der Waals surface area contributed by atoms with Gasteiger partial charge in [-0.2, -0.15) is 0 Å². The second-order valence-corrected chi connectivity index (χ2v) is 6.93. The average Bonchev–Trinajstić information content (AvgIpc) is 2.72. The molecule has 1 unspecified atom stereocenters. The highest BCUT2D eigenvalue weighted by atomic mass is 35.5. The van der Waals surface area contributed by atoms with Gasteiger partial charge in [0.15, 0.2) is 0 Å². The van der Waals surface area contributed by atoms with Crippen LogP contribution in [0.3, 0.4) is 0 Å². The Balaban J connectivity index is 2.05. The van der Waals surface area contributed by atoms with Crippen molar-refractivity contribution >= 4 is 11.6 Å². The van der Waals surface area contributed by atoms with Crippen molar-refractivity contribution in [2.75, 3.05) is 13.1 Å². The first kappa shape index (κ1) is 16.7. The Morgan fingerprint density at radius 2 is 1.86 bits per heavy atom. The molecule has 2 rings (SSSR count). The SMILES string of the molecule is CC(C)(C(O)Cc1ccc(Cl)c(F)c1)N1CCCCCC1. The average molecular weight is 314 g/mol. The molecule has 0 amide bonds. The molecule has 1 N–H and O–H groups in total. The minimum atomic E-state index is -0.531. The lowest BCUT2D eigenvalue weighted by Gasteiger charge is -2.41. The van der Waals surface area contributed by atoms with E-state index in [1.165, 1.54) is 31.7 Å². The number of aliphatic hydroxyl groups excluding tert-OH is 1. The molecular weight excluding hydrogens is 289 g/mol. The number of benzene rings is 1. The number of likely N-dealkylation sites (tertiary alicyclic amines) is 1. The Bertz CT molecular complexity index is 470. The van der Waals surface area contributed by atoms with E-state index in [0.717, 1.165) is 18.7 Å². The van der Waals surface area contributed by atoms with E-state index >= 15 is 0 Å². The van der Waals surface area contributed by atoms with Crippen LogP contribution in [0.1, 0.15) is 45.1 Å². The largest absolute Gasteiger partial charge is 0.391 e. The van der Waals surface area contributed by atoms with Gasteiger partial charge in [0.1, 0.15) is 5.82 Å². The van der Waals surface area contributed by atoms with Crippen LogP contribution in [0.5, 0.6) is 0 Å². The third-order valence-electron chi connectivity index (χ3n) is 4.65. The van der Waals surface area contributed by atoms with E-state index in [-0.39, 0.29) is 10.6 Å². The Labute approximate surface area is 131 Å². The van der Waals surface area contributed by atoms with Crippen molar-refractivity contribution in [1.82, 2.24) is 4.90 Å². The molecular formula is C17H25ClFNO. The van der Waals surface area contributed by atoms with Crippen LogP contribution in [0.4, 0.5) is 4.39 Å². The fourth-order valence-corrected chi connectivity index (χ4v) is 3.11. The lowest BCUT2D eigenvalue weighted by atomic mass is 9.89. The van der Waals surface area contributed by atoms with Gasteiger partial charge in [0.05, 0.1) is 11.1 Å². The summed E-state index contributed by atoms with van der Waals surface area (Å²) in [5.41, 5.74) is 0.479. The zero-order valence-corrected chi connectivity index (χ0v) is 13.7. The zero-order valence-electron chi connectivity index (χ0n) is 12.9. The maximum atomic E-state index is 13.5. The fourth-order valence-electron chi connectivity index (χ4n) is 3.00. The van der Waals surface area contributed by atoms with E-state index in [2.05, 4.69) is 18.7 Å². The summed E-state index contributed by atoms with van der Waals surface area (Å²) in [7, 11) is 0. The van der Waals surface area contributed by atoms with E-state index < -0.39 is 11.9 Å². The molecule has 1 fully saturated rings. The first-order chi connectivity index (χ1) is 9.91. The van der Waals surface area contributed by atoms with E-state index in [1.807, 2.05) is 0 Å². The van der Waals surface area contributed by atoms with Crippen LogP contribution in [0.15, 0.2) is 18.2 Å². The molecule has 0 spiro atoms. The summed E-state index contributed by atoms with van der Waals surface area (Å²) < 4.78 is 13.5. The standard InChI is InChI=1S/C17H25ClFNO/c1-17(2,20-9-5-3-4-6-10-20)16(21)12-13-7-8-14(18)15(19)11-13/h7-8,11,16,21H,3-6,9-10,12H2,1-2H3. The highest BCUT2D eigenvalue weighted by Gasteiger charge is 2.34. The second kappa shape index (κ2) is 7.08. The Hall–Kier alpha value is -0.640. The van der Waals surface area contributed by atoms with Crippen molar-refractivity contribution in [2.24, 2.45) is 0 Å². The summed E-state index contributed by atoms with van der Waals surface area (Å²) >= 11 is 5.70. The maximum Gasteiger partial charge on any atom is 0.142 e. The molecule has 0 aromatic heterocycles. The number of halogens is 2. The van der Waals surface area contributed by atoms with Crippen LogP contribution in [-0.4, -0.2) is 34.7 Å². The molecule has 1 atom stereocenters. The molecule has 118 valence electrons. The predicted molar refractivity (Wildman–Crippen MR) is 85.2 cm³/mol. The van der Waals surface area contributed by atoms with Gasteiger partial charge in [0.25, 0.3) is 0 Å². The molecule has 0 saturated carbocycles. The summed E-state index contributed by atoms with van der Waals surface area (Å²) in [6.45, 7) is 6.21. The van der Waals surface area contributed by atoms with Gasteiger partial charge in [0, 0.05) is 12.0 Å². The summed E-state index contributed by atoms with van der Waals surface area (Å²) in [6.07, 6.45) is 4.82. The molecule has 1 aromatic rings. The summed E-state index contributed by atoms with van der Waals surface area (Å²) in [6, 6.07) is 4.76. The van der Waals surface area contributed by atoms with Crippen molar-refractivity contribution in [3.8, 4) is 0 Å². The lowest BCUT2D eigenvalue weighted by molar-refractivity contribution is -0.00788. The molecule has 1 aliphatic heterocycles. The van der Waals surface area contributed by atoms with E-state index in [9.17, 15) is 9.50 Å². The Morgan fingerprint density at radius 1 is 1.24 bits per heavy atom. The normalized spacial score (nSPS) is 19.3. The topological polar surface area (TPSA) is 23.5 Å². The molecule has 1 heterocycles. The van der Waals surface area contributed by atoms with Crippen molar-refractivity contribution in [3.05, 3.63) is 34.6 Å². The second-order valence-electron chi connectivity index (χ2n) is 6.52. The number of rotatable bonds is 4. The minimum absolute atomic E-state index is 0.125. The van der Waals surface area contributed by atoms with Gasteiger partial charge >= 0.3 is 0 Å². The smallest absolute Gasteiger partial charge is 0.142 e. The molecule has 1 aromatic carbocycles. The Morgan fingerprint density at radius 3 is 2.43 bits per heavy atom. The first-order valence-corrected chi connectivity index (χ1v) is 8.16. The minimum Gasteiger partial charge on any atom is -0.391 e. The van der Waals surface area contributed by atoms with Crippen LogP contribution < -0.4 is 0 Å². The predicted octanol–water partition coefficient (Wildman–Crippen LogP) is 4.04. The van der Waals surface area contributed by atoms with Gasteiger partial charge in [-0.05, 0) is 57.5 Å². The molecule has 1 aliphatic rings. The Kier molecular flexibility index (Phi) is 5.64. The number of nitrogens with zero attached hydrogens (tertiary/aromatic N) is 1. The van der Waals surface area contributed by atoms with Gasteiger partial charge in [0.2, 0.25) is 0 Å². The molecule has 21 heavy (non-hydrogen) atoms. The number of hydrogen-bond acceptors (Lipinski definition) is 2. The van der Waals surface area contributed by atoms with Crippen molar-refractivity contribution in [3.63, 3.8) is 0 Å². The summed E-state index contributed by atoms with van der Waals surface area (Å²) in [5.74, 6) is -0.422. The quantitative estimate of drug-likeness (QED) is 0.907. The molecule has 0 radical (unpaired) electrons. The maximum absolute atomic E-state index is 13.5. The van der Waals surface area contributed by atoms with E-state index in [4.69, 9.17) is 11.6 Å². The zero-order chi connectivity index (χ0) is 15.5. The molecule has 1 saturated heterocycles. The monoisotopic (exact) mass is 313 g/mol. The third-order valence-corrected chi connectivity index (χ3v) is 4.96. The molecule has 2 nitrogen and oxygen atoms in total. The van der Waals surface area contributed by atoms with Crippen molar-refractivity contribution < 1.29 is 9.50 Å². The van der Waals surface area contributed by atoms with E-state index in [0.29, 0.717) is 6.42 Å². The third kappa shape index (κ3) is 4.18.